The maximum Gasteiger partial charge on any atom is 0.0922 e. The fourth-order valence-corrected chi connectivity index (χ4v) is 3.44. The predicted molar refractivity (Wildman–Crippen MR) is 84.4 cm³/mol. The van der Waals surface area contributed by atoms with Crippen LogP contribution < -0.4 is 0 Å². The van der Waals surface area contributed by atoms with Gasteiger partial charge in [-0.15, -0.1) is 13.2 Å². The van der Waals surface area contributed by atoms with Crippen molar-refractivity contribution in [1.82, 2.24) is 0 Å². The minimum Gasteiger partial charge on any atom is -0.373 e. The normalized spacial score (nSPS) is 39.0. The Morgan fingerprint density at radius 3 is 1.13 bits per heavy atom. The minimum atomic E-state index is -0.444. The zero-order valence-electron chi connectivity index (χ0n) is 13.6. The predicted octanol–water partition coefficient (Wildman–Crippen LogP) is 2.01. The van der Waals surface area contributed by atoms with Gasteiger partial charge in [0.2, 0.25) is 0 Å². The average Bonchev–Trinajstić information content (AvgIpc) is 3.35. The summed E-state index contributed by atoms with van der Waals surface area (Å²) in [5.41, 5.74) is -0.888. The number of hydrogen-bond acceptors (Lipinski definition) is 5. The van der Waals surface area contributed by atoms with Crippen LogP contribution in [-0.4, -0.2) is 62.0 Å². The van der Waals surface area contributed by atoms with Gasteiger partial charge in [-0.25, -0.2) is 0 Å². The molecule has 0 amide bonds. The third-order valence-corrected chi connectivity index (χ3v) is 5.05. The highest BCUT2D eigenvalue weighted by Gasteiger charge is 2.49. The van der Waals surface area contributed by atoms with Crippen molar-refractivity contribution < 1.29 is 23.7 Å². The number of ether oxygens (including phenoxy) is 5. The van der Waals surface area contributed by atoms with Crippen LogP contribution in [0.3, 0.4) is 0 Å². The van der Waals surface area contributed by atoms with Crippen LogP contribution in [-0.2, 0) is 23.7 Å². The van der Waals surface area contributed by atoms with Crippen molar-refractivity contribution in [2.24, 2.45) is 0 Å². The second kappa shape index (κ2) is 5.97. The molecule has 4 heterocycles. The van der Waals surface area contributed by atoms with Gasteiger partial charge in [-0.05, 0) is 0 Å². The Morgan fingerprint density at radius 1 is 0.696 bits per heavy atom. The molecule has 4 aliphatic heterocycles. The molecule has 0 aromatic carbocycles. The zero-order chi connectivity index (χ0) is 15.9. The summed E-state index contributed by atoms with van der Waals surface area (Å²) in [5, 5.41) is 0. The molecule has 23 heavy (non-hydrogen) atoms. The molecule has 128 valence electrons. The Kier molecular flexibility index (Phi) is 4.10. The van der Waals surface area contributed by atoms with E-state index in [4.69, 9.17) is 23.7 Å². The van der Waals surface area contributed by atoms with Crippen LogP contribution in [0.5, 0.6) is 0 Å². The van der Waals surface area contributed by atoms with Crippen LogP contribution in [0.4, 0.5) is 0 Å². The molecule has 4 fully saturated rings. The maximum absolute atomic E-state index is 6.77. The van der Waals surface area contributed by atoms with Crippen molar-refractivity contribution in [1.29, 1.82) is 0 Å². The standard InChI is InChI=1S/C18H26O5/c1-3-17(5-13-9-19-13,6-14-10-20-14)23-18(4-2,7-15-11-21-15)8-16-12-22-16/h3-4,13-16H,1-2,5-12H2. The SMILES string of the molecule is C=CC(CC1CO1)(CC1CO1)OC(C=C)(CC1CO1)CC1CO1. The van der Waals surface area contributed by atoms with Crippen molar-refractivity contribution in [3.05, 3.63) is 25.3 Å². The topological polar surface area (TPSA) is 59.4 Å². The van der Waals surface area contributed by atoms with Crippen LogP contribution in [0.1, 0.15) is 25.7 Å². The fourth-order valence-electron chi connectivity index (χ4n) is 3.44. The summed E-state index contributed by atoms with van der Waals surface area (Å²) in [6, 6.07) is 0. The second-order valence-electron chi connectivity index (χ2n) is 7.28. The van der Waals surface area contributed by atoms with Crippen molar-refractivity contribution >= 4 is 0 Å². The smallest absolute Gasteiger partial charge is 0.0922 e. The summed E-state index contributed by atoms with van der Waals surface area (Å²) in [6.07, 6.45) is 8.24. The lowest BCUT2D eigenvalue weighted by molar-refractivity contribution is -0.130. The molecule has 4 atom stereocenters. The fraction of sp³-hybridized carbons (Fsp3) is 0.778. The monoisotopic (exact) mass is 322 g/mol. The van der Waals surface area contributed by atoms with Gasteiger partial charge in [-0.3, -0.25) is 0 Å². The highest BCUT2D eigenvalue weighted by Crippen LogP contribution is 2.43. The van der Waals surface area contributed by atoms with E-state index in [2.05, 4.69) is 13.2 Å². The van der Waals surface area contributed by atoms with Crippen molar-refractivity contribution in [2.45, 2.75) is 61.3 Å². The average molecular weight is 322 g/mol. The van der Waals surface area contributed by atoms with E-state index in [1.165, 1.54) is 0 Å². The van der Waals surface area contributed by atoms with Gasteiger partial charge in [0.1, 0.15) is 0 Å². The van der Waals surface area contributed by atoms with Crippen molar-refractivity contribution in [2.75, 3.05) is 26.4 Å². The Hall–Kier alpha value is -0.720. The lowest BCUT2D eigenvalue weighted by atomic mass is 9.86. The molecule has 0 aliphatic carbocycles. The molecule has 4 saturated heterocycles. The lowest BCUT2D eigenvalue weighted by Gasteiger charge is -2.41. The molecule has 0 bridgehead atoms. The van der Waals surface area contributed by atoms with E-state index in [-0.39, 0.29) is 24.4 Å². The third kappa shape index (κ3) is 4.22. The summed E-state index contributed by atoms with van der Waals surface area (Å²) in [4.78, 5) is 0. The van der Waals surface area contributed by atoms with Crippen LogP contribution in [0.25, 0.3) is 0 Å². The minimum absolute atomic E-state index is 0.267. The molecule has 0 aromatic heterocycles. The zero-order valence-corrected chi connectivity index (χ0v) is 13.6. The van der Waals surface area contributed by atoms with E-state index in [1.54, 1.807) is 0 Å². The molecular weight excluding hydrogens is 296 g/mol. The van der Waals surface area contributed by atoms with E-state index in [9.17, 15) is 0 Å². The summed E-state index contributed by atoms with van der Waals surface area (Å²) in [5.74, 6) is 0. The summed E-state index contributed by atoms with van der Waals surface area (Å²) in [7, 11) is 0. The first-order valence-corrected chi connectivity index (χ1v) is 8.58. The van der Waals surface area contributed by atoms with Crippen LogP contribution in [0.2, 0.25) is 0 Å². The number of rotatable bonds is 12. The largest absolute Gasteiger partial charge is 0.373 e. The quantitative estimate of drug-likeness (QED) is 0.406. The van der Waals surface area contributed by atoms with Crippen LogP contribution >= 0.6 is 0 Å². The van der Waals surface area contributed by atoms with Gasteiger partial charge in [0, 0.05) is 25.7 Å². The van der Waals surface area contributed by atoms with Crippen LogP contribution in [0, 0.1) is 0 Å². The van der Waals surface area contributed by atoms with Gasteiger partial charge in [-0.2, -0.15) is 0 Å². The molecule has 5 nitrogen and oxygen atoms in total. The molecule has 4 aliphatic rings. The molecular formula is C18H26O5. The molecule has 0 radical (unpaired) electrons. The lowest BCUT2D eigenvalue weighted by Crippen LogP contribution is -2.46. The van der Waals surface area contributed by atoms with Gasteiger partial charge in [0.15, 0.2) is 0 Å². The Balaban J connectivity index is 1.53. The van der Waals surface area contributed by atoms with Crippen LogP contribution in [0.15, 0.2) is 25.3 Å². The summed E-state index contributed by atoms with van der Waals surface area (Å²) >= 11 is 0. The van der Waals surface area contributed by atoms with Crippen molar-refractivity contribution in [3.63, 3.8) is 0 Å². The molecule has 0 N–H and O–H groups in total. The van der Waals surface area contributed by atoms with E-state index in [0.717, 1.165) is 52.1 Å². The van der Waals surface area contributed by atoms with E-state index >= 15 is 0 Å². The first-order chi connectivity index (χ1) is 11.1. The molecule has 0 spiro atoms. The highest BCUT2D eigenvalue weighted by molar-refractivity contribution is 5.11. The molecule has 4 unspecified atom stereocenters. The molecule has 5 heteroatoms. The van der Waals surface area contributed by atoms with Gasteiger partial charge < -0.3 is 23.7 Å². The Morgan fingerprint density at radius 2 is 0.957 bits per heavy atom. The Bertz CT molecular complexity index is 390. The molecule has 0 saturated carbocycles. The van der Waals surface area contributed by atoms with E-state index in [1.807, 2.05) is 12.2 Å². The van der Waals surface area contributed by atoms with Crippen molar-refractivity contribution in [3.8, 4) is 0 Å². The van der Waals surface area contributed by atoms with Gasteiger partial charge in [0.05, 0.1) is 62.0 Å². The molecule has 4 rings (SSSR count). The van der Waals surface area contributed by atoms with Gasteiger partial charge >= 0.3 is 0 Å². The number of hydrogen-bond donors (Lipinski definition) is 0. The summed E-state index contributed by atoms with van der Waals surface area (Å²) < 4.78 is 28.6. The van der Waals surface area contributed by atoms with Gasteiger partial charge in [0.25, 0.3) is 0 Å². The summed E-state index contributed by atoms with van der Waals surface area (Å²) in [6.45, 7) is 11.4. The first-order valence-electron chi connectivity index (χ1n) is 8.58. The van der Waals surface area contributed by atoms with E-state index < -0.39 is 11.2 Å². The highest BCUT2D eigenvalue weighted by atomic mass is 16.6. The van der Waals surface area contributed by atoms with Gasteiger partial charge in [-0.1, -0.05) is 12.2 Å². The Labute approximate surface area is 137 Å². The first kappa shape index (κ1) is 15.8. The third-order valence-electron chi connectivity index (χ3n) is 5.05. The van der Waals surface area contributed by atoms with E-state index in [0.29, 0.717) is 0 Å². The second-order valence-corrected chi connectivity index (χ2v) is 7.28. The molecule has 0 aromatic rings. The maximum atomic E-state index is 6.77. The number of epoxide rings is 4.